The minimum Gasteiger partial charge on any atom is -0.286 e. The molecule has 0 bridgehead atoms. The van der Waals surface area contributed by atoms with Crippen LogP contribution < -0.4 is 5.43 Å². The Morgan fingerprint density at radius 2 is 1.67 bits per heavy atom. The Labute approximate surface area is 56.7 Å². The first-order valence-corrected chi connectivity index (χ1v) is 3.25. The smallest absolute Gasteiger partial charge is 0.222 e. The summed E-state index contributed by atoms with van der Waals surface area (Å²) in [6.07, 6.45) is 0. The third-order valence-electron chi connectivity index (χ3n) is 1.01. The Balaban J connectivity index is 3.43. The highest BCUT2D eigenvalue weighted by Crippen LogP contribution is 1.87. The molecular formula is C5H6N2OS. The van der Waals surface area contributed by atoms with Gasteiger partial charge in [0, 0.05) is 0 Å². The summed E-state index contributed by atoms with van der Waals surface area (Å²) >= 11 is 1.07. The molecule has 0 aliphatic rings. The second-order valence-corrected chi connectivity index (χ2v) is 2.29. The SMILES string of the molecule is Cc1nsnc(C)c1=O. The predicted molar refractivity (Wildman–Crippen MR) is 35.7 cm³/mol. The van der Waals surface area contributed by atoms with Gasteiger partial charge in [0.05, 0.1) is 11.7 Å². The van der Waals surface area contributed by atoms with Crippen LogP contribution in [0.4, 0.5) is 0 Å². The molecule has 4 heteroatoms. The van der Waals surface area contributed by atoms with Crippen molar-refractivity contribution in [3.8, 4) is 0 Å². The van der Waals surface area contributed by atoms with Crippen molar-refractivity contribution in [3.05, 3.63) is 21.6 Å². The van der Waals surface area contributed by atoms with Gasteiger partial charge in [-0.25, -0.2) is 0 Å². The molecule has 0 unspecified atom stereocenters. The fraction of sp³-hybridized carbons (Fsp3) is 0.400. The van der Waals surface area contributed by atoms with Crippen LogP contribution in [0.25, 0.3) is 0 Å². The number of nitrogens with zero attached hydrogens (tertiary/aromatic N) is 2. The molecule has 0 N–H and O–H groups in total. The summed E-state index contributed by atoms with van der Waals surface area (Å²) in [5.74, 6) is 0. The monoisotopic (exact) mass is 142 g/mol. The molecule has 0 amide bonds. The van der Waals surface area contributed by atoms with Gasteiger partial charge < -0.3 is 0 Å². The van der Waals surface area contributed by atoms with Gasteiger partial charge in [-0.05, 0) is 13.8 Å². The molecule has 0 fully saturated rings. The van der Waals surface area contributed by atoms with Crippen molar-refractivity contribution >= 4 is 11.7 Å². The highest BCUT2D eigenvalue weighted by atomic mass is 32.1. The number of hydrogen-bond acceptors (Lipinski definition) is 4. The fourth-order valence-electron chi connectivity index (χ4n) is 0.488. The Kier molecular flexibility index (Phi) is 1.57. The lowest BCUT2D eigenvalue weighted by atomic mass is 10.4. The average Bonchev–Trinajstić information content (AvgIpc) is 1.83. The second-order valence-electron chi connectivity index (χ2n) is 1.76. The van der Waals surface area contributed by atoms with Gasteiger partial charge in [-0.15, -0.1) is 0 Å². The molecule has 0 saturated carbocycles. The zero-order chi connectivity index (χ0) is 6.85. The van der Waals surface area contributed by atoms with Crippen LogP contribution in [0, 0.1) is 13.8 Å². The van der Waals surface area contributed by atoms with Gasteiger partial charge in [-0.1, -0.05) is 0 Å². The van der Waals surface area contributed by atoms with E-state index in [0.29, 0.717) is 11.4 Å². The largest absolute Gasteiger partial charge is 0.286 e. The van der Waals surface area contributed by atoms with E-state index in [4.69, 9.17) is 0 Å². The van der Waals surface area contributed by atoms with Gasteiger partial charge >= 0.3 is 0 Å². The molecule has 48 valence electrons. The molecule has 0 saturated heterocycles. The molecular weight excluding hydrogens is 136 g/mol. The Morgan fingerprint density at radius 1 is 1.22 bits per heavy atom. The van der Waals surface area contributed by atoms with E-state index in [9.17, 15) is 4.79 Å². The lowest BCUT2D eigenvalue weighted by Gasteiger charge is -1.86. The maximum Gasteiger partial charge on any atom is 0.222 e. The molecule has 0 spiro atoms. The molecule has 1 rings (SSSR count). The standard InChI is InChI=1S/C5H6N2OS/c1-3-5(8)4(2)7-9-6-3/h1-2H3. The van der Waals surface area contributed by atoms with Crippen molar-refractivity contribution in [1.29, 1.82) is 0 Å². The Morgan fingerprint density at radius 3 is 2.00 bits per heavy atom. The number of aromatic nitrogens is 2. The van der Waals surface area contributed by atoms with Gasteiger partial charge in [0.15, 0.2) is 0 Å². The van der Waals surface area contributed by atoms with Crippen LogP contribution in [0.5, 0.6) is 0 Å². The summed E-state index contributed by atoms with van der Waals surface area (Å²) in [5.41, 5.74) is 1.02. The van der Waals surface area contributed by atoms with Crippen LogP contribution in [-0.4, -0.2) is 8.75 Å². The van der Waals surface area contributed by atoms with Gasteiger partial charge in [0.1, 0.15) is 11.4 Å². The van der Waals surface area contributed by atoms with E-state index in [1.807, 2.05) is 0 Å². The van der Waals surface area contributed by atoms with Crippen molar-refractivity contribution in [2.45, 2.75) is 13.8 Å². The third-order valence-corrected chi connectivity index (χ3v) is 1.72. The predicted octanol–water partition coefficient (Wildman–Crippen LogP) is 0.515. The Bertz CT molecular complexity index is 245. The van der Waals surface area contributed by atoms with Crippen LogP contribution in [0.15, 0.2) is 4.79 Å². The first kappa shape index (κ1) is 6.35. The maximum atomic E-state index is 10.9. The Hall–Kier alpha value is -0.770. The quantitative estimate of drug-likeness (QED) is 0.530. The number of hydrogen-bond donors (Lipinski definition) is 0. The first-order chi connectivity index (χ1) is 4.22. The van der Waals surface area contributed by atoms with Crippen molar-refractivity contribution < 1.29 is 0 Å². The molecule has 0 aromatic carbocycles. The lowest BCUT2D eigenvalue weighted by molar-refractivity contribution is 1.15. The van der Waals surface area contributed by atoms with E-state index in [1.54, 1.807) is 13.8 Å². The van der Waals surface area contributed by atoms with E-state index in [-0.39, 0.29) is 5.43 Å². The first-order valence-electron chi connectivity index (χ1n) is 2.52. The van der Waals surface area contributed by atoms with Crippen LogP contribution >= 0.6 is 11.7 Å². The molecule has 1 aromatic heterocycles. The molecule has 9 heavy (non-hydrogen) atoms. The average molecular weight is 142 g/mol. The summed E-state index contributed by atoms with van der Waals surface area (Å²) in [4.78, 5) is 10.9. The molecule has 0 radical (unpaired) electrons. The number of rotatable bonds is 0. The van der Waals surface area contributed by atoms with Crippen molar-refractivity contribution in [3.63, 3.8) is 0 Å². The van der Waals surface area contributed by atoms with Gasteiger partial charge in [-0.3, -0.25) is 4.79 Å². The third kappa shape index (κ3) is 1.13. The van der Waals surface area contributed by atoms with E-state index in [2.05, 4.69) is 8.75 Å². The normalized spacial score (nSPS) is 9.56. The van der Waals surface area contributed by atoms with Crippen molar-refractivity contribution in [2.75, 3.05) is 0 Å². The van der Waals surface area contributed by atoms with Crippen LogP contribution in [0.3, 0.4) is 0 Å². The molecule has 1 heterocycles. The zero-order valence-electron chi connectivity index (χ0n) is 5.21. The topological polar surface area (TPSA) is 42.9 Å². The molecule has 0 atom stereocenters. The molecule has 3 nitrogen and oxygen atoms in total. The summed E-state index contributed by atoms with van der Waals surface area (Å²) in [5, 5.41) is 0. The van der Waals surface area contributed by atoms with Crippen LogP contribution in [-0.2, 0) is 0 Å². The maximum absolute atomic E-state index is 10.9. The lowest BCUT2D eigenvalue weighted by Crippen LogP contribution is -2.10. The molecule has 0 aliphatic heterocycles. The van der Waals surface area contributed by atoms with E-state index < -0.39 is 0 Å². The van der Waals surface area contributed by atoms with E-state index >= 15 is 0 Å². The molecule has 0 aliphatic carbocycles. The summed E-state index contributed by atoms with van der Waals surface area (Å²) in [6, 6.07) is 0. The second kappa shape index (κ2) is 2.23. The highest BCUT2D eigenvalue weighted by molar-refractivity contribution is 6.98. The van der Waals surface area contributed by atoms with Crippen LogP contribution in [0.2, 0.25) is 0 Å². The minimum absolute atomic E-state index is 0.0475. The highest BCUT2D eigenvalue weighted by Gasteiger charge is 1.96. The van der Waals surface area contributed by atoms with E-state index in [1.165, 1.54) is 0 Å². The van der Waals surface area contributed by atoms with Gasteiger partial charge in [-0.2, -0.15) is 8.75 Å². The summed E-state index contributed by atoms with van der Waals surface area (Å²) in [6.45, 7) is 3.38. The zero-order valence-corrected chi connectivity index (χ0v) is 6.03. The fourth-order valence-corrected chi connectivity index (χ4v) is 0.939. The molecule has 1 aromatic rings. The van der Waals surface area contributed by atoms with Crippen molar-refractivity contribution in [1.82, 2.24) is 8.75 Å². The van der Waals surface area contributed by atoms with Gasteiger partial charge in [0.2, 0.25) is 5.43 Å². The van der Waals surface area contributed by atoms with E-state index in [0.717, 1.165) is 11.7 Å². The van der Waals surface area contributed by atoms with Crippen LogP contribution in [0.1, 0.15) is 11.4 Å². The number of aryl methyl sites for hydroxylation is 2. The summed E-state index contributed by atoms with van der Waals surface area (Å²) in [7, 11) is 0. The summed E-state index contributed by atoms with van der Waals surface area (Å²) < 4.78 is 7.52. The minimum atomic E-state index is -0.0475. The van der Waals surface area contributed by atoms with Crippen molar-refractivity contribution in [2.24, 2.45) is 0 Å². The van der Waals surface area contributed by atoms with Gasteiger partial charge in [0.25, 0.3) is 0 Å².